The van der Waals surface area contributed by atoms with Crippen molar-refractivity contribution >= 4 is 17.3 Å². The third kappa shape index (κ3) is 2.37. The molecule has 2 aliphatic rings. The van der Waals surface area contributed by atoms with Crippen molar-refractivity contribution in [2.45, 2.75) is 18.8 Å². The molecule has 3 atom stereocenters. The molecule has 21 heavy (non-hydrogen) atoms. The van der Waals surface area contributed by atoms with Crippen molar-refractivity contribution in [1.82, 2.24) is 0 Å². The molecular formula is C17H16ClNO2. The summed E-state index contributed by atoms with van der Waals surface area (Å²) in [5.74, 6) is 1.22. The van der Waals surface area contributed by atoms with Crippen LogP contribution >= 0.6 is 11.6 Å². The average molecular weight is 302 g/mol. The Bertz CT molecular complexity index is 661. The summed E-state index contributed by atoms with van der Waals surface area (Å²) in [4.78, 5) is 0. The lowest BCUT2D eigenvalue weighted by molar-refractivity contribution is -0.0747. The van der Waals surface area contributed by atoms with Gasteiger partial charge < -0.3 is 14.8 Å². The number of halogens is 1. The van der Waals surface area contributed by atoms with Crippen LogP contribution in [-0.4, -0.2) is 12.9 Å². The molecule has 0 aromatic heterocycles. The van der Waals surface area contributed by atoms with E-state index in [0.717, 1.165) is 29.5 Å². The zero-order valence-corrected chi connectivity index (χ0v) is 12.2. The molecule has 2 aromatic rings. The molecule has 1 fully saturated rings. The molecular weight excluding hydrogens is 286 g/mol. The number of rotatable bonds is 2. The van der Waals surface area contributed by atoms with Crippen molar-refractivity contribution in [2.75, 3.05) is 11.9 Å². The monoisotopic (exact) mass is 301 g/mol. The summed E-state index contributed by atoms with van der Waals surface area (Å²) in [5.41, 5.74) is 2.21. The molecule has 2 aromatic carbocycles. The first-order valence-corrected chi connectivity index (χ1v) is 7.58. The van der Waals surface area contributed by atoms with Crippen LogP contribution in [0.15, 0.2) is 48.5 Å². The number of nitrogens with one attached hydrogen (secondary N) is 1. The van der Waals surface area contributed by atoms with E-state index in [0.29, 0.717) is 5.92 Å². The number of fused-ring (bicyclic) bond motifs is 2. The second kappa shape index (κ2) is 5.24. The van der Waals surface area contributed by atoms with Gasteiger partial charge in [0.1, 0.15) is 5.75 Å². The van der Waals surface area contributed by atoms with Gasteiger partial charge in [-0.05, 0) is 30.7 Å². The van der Waals surface area contributed by atoms with Crippen LogP contribution in [0.4, 0.5) is 5.69 Å². The summed E-state index contributed by atoms with van der Waals surface area (Å²) in [5, 5.41) is 4.34. The normalized spacial score (nSPS) is 26.6. The maximum atomic E-state index is 6.08. The topological polar surface area (TPSA) is 30.5 Å². The van der Waals surface area contributed by atoms with E-state index in [1.807, 2.05) is 42.5 Å². The van der Waals surface area contributed by atoms with Gasteiger partial charge in [0, 0.05) is 22.2 Å². The van der Waals surface area contributed by atoms with Gasteiger partial charge in [0.05, 0.1) is 12.6 Å². The van der Waals surface area contributed by atoms with Crippen molar-refractivity contribution in [3.8, 4) is 5.75 Å². The Hall–Kier alpha value is -1.71. The second-order valence-corrected chi connectivity index (χ2v) is 5.92. The van der Waals surface area contributed by atoms with E-state index >= 15 is 0 Å². The van der Waals surface area contributed by atoms with Gasteiger partial charge in [0.25, 0.3) is 0 Å². The maximum absolute atomic E-state index is 6.08. The first-order chi connectivity index (χ1) is 10.3. The van der Waals surface area contributed by atoms with Crippen LogP contribution in [0.5, 0.6) is 5.75 Å². The molecule has 0 unspecified atom stereocenters. The van der Waals surface area contributed by atoms with Gasteiger partial charge in [-0.2, -0.15) is 0 Å². The fraction of sp³-hybridized carbons (Fsp3) is 0.294. The Balaban J connectivity index is 1.71. The van der Waals surface area contributed by atoms with Crippen LogP contribution in [0.1, 0.15) is 18.0 Å². The molecule has 3 nitrogen and oxygen atoms in total. The van der Waals surface area contributed by atoms with Crippen molar-refractivity contribution in [3.63, 3.8) is 0 Å². The van der Waals surface area contributed by atoms with Gasteiger partial charge in [0.2, 0.25) is 6.29 Å². The third-order valence-corrected chi connectivity index (χ3v) is 4.39. The fourth-order valence-electron chi connectivity index (χ4n) is 3.17. The lowest BCUT2D eigenvalue weighted by atomic mass is 9.88. The Kier molecular flexibility index (Phi) is 3.24. The summed E-state index contributed by atoms with van der Waals surface area (Å²) in [7, 11) is 0. The zero-order chi connectivity index (χ0) is 14.2. The number of benzene rings is 2. The summed E-state index contributed by atoms with van der Waals surface area (Å²) in [6.07, 6.45) is 0.841. The van der Waals surface area contributed by atoms with Gasteiger partial charge in [-0.15, -0.1) is 0 Å². The molecule has 0 aliphatic carbocycles. The van der Waals surface area contributed by atoms with Gasteiger partial charge in [-0.3, -0.25) is 0 Å². The highest BCUT2D eigenvalue weighted by atomic mass is 35.5. The highest BCUT2D eigenvalue weighted by Gasteiger charge is 2.42. The minimum Gasteiger partial charge on any atom is -0.464 e. The Morgan fingerprint density at radius 3 is 2.90 bits per heavy atom. The van der Waals surface area contributed by atoms with E-state index in [1.54, 1.807) is 0 Å². The molecule has 1 N–H and O–H groups in total. The van der Waals surface area contributed by atoms with Crippen molar-refractivity contribution in [3.05, 3.63) is 59.1 Å². The van der Waals surface area contributed by atoms with Gasteiger partial charge in [-0.25, -0.2) is 0 Å². The van der Waals surface area contributed by atoms with Gasteiger partial charge >= 0.3 is 0 Å². The standard InChI is InChI=1S/C17H16ClNO2/c18-11-4-3-5-12(10-11)19-16-13-6-1-2-7-15(13)21-17-14(16)8-9-20-17/h1-7,10,14,16-17,19H,8-9H2/t14-,16-,17+/m1/s1. The summed E-state index contributed by atoms with van der Waals surface area (Å²) in [6.45, 7) is 0.747. The van der Waals surface area contributed by atoms with Crippen LogP contribution in [0, 0.1) is 5.92 Å². The number of hydrogen-bond acceptors (Lipinski definition) is 3. The quantitative estimate of drug-likeness (QED) is 0.899. The number of hydrogen-bond donors (Lipinski definition) is 1. The molecule has 0 amide bonds. The number of ether oxygens (including phenoxy) is 2. The summed E-state index contributed by atoms with van der Waals surface area (Å²) >= 11 is 6.08. The SMILES string of the molecule is Clc1cccc(N[C@@H]2c3ccccc3O[C@@H]3OCC[C@@H]32)c1. The van der Waals surface area contributed by atoms with Gasteiger partial charge in [-0.1, -0.05) is 35.9 Å². The Labute approximate surface area is 128 Å². The fourth-order valence-corrected chi connectivity index (χ4v) is 3.36. The lowest BCUT2D eigenvalue weighted by Gasteiger charge is -2.35. The summed E-state index contributed by atoms with van der Waals surface area (Å²) in [6, 6.07) is 16.2. The zero-order valence-electron chi connectivity index (χ0n) is 11.5. The van der Waals surface area contributed by atoms with E-state index in [-0.39, 0.29) is 12.3 Å². The van der Waals surface area contributed by atoms with E-state index in [4.69, 9.17) is 21.1 Å². The van der Waals surface area contributed by atoms with Crippen LogP contribution < -0.4 is 10.1 Å². The Morgan fingerprint density at radius 1 is 1.10 bits per heavy atom. The minimum atomic E-state index is -0.156. The van der Waals surface area contributed by atoms with Crippen molar-refractivity contribution < 1.29 is 9.47 Å². The Morgan fingerprint density at radius 2 is 2.00 bits per heavy atom. The number of anilines is 1. The van der Waals surface area contributed by atoms with E-state index in [9.17, 15) is 0 Å². The van der Waals surface area contributed by atoms with Crippen LogP contribution in [0.2, 0.25) is 5.02 Å². The predicted molar refractivity (Wildman–Crippen MR) is 82.7 cm³/mol. The molecule has 108 valence electrons. The van der Waals surface area contributed by atoms with E-state index in [1.165, 1.54) is 5.56 Å². The summed E-state index contributed by atoms with van der Waals surface area (Å²) < 4.78 is 11.7. The highest BCUT2D eigenvalue weighted by Crippen LogP contribution is 2.44. The smallest absolute Gasteiger partial charge is 0.205 e. The first kappa shape index (κ1) is 13.0. The molecule has 0 radical (unpaired) electrons. The van der Waals surface area contributed by atoms with E-state index in [2.05, 4.69) is 11.4 Å². The molecule has 1 saturated heterocycles. The molecule has 4 heteroatoms. The lowest BCUT2D eigenvalue weighted by Crippen LogP contribution is -2.36. The van der Waals surface area contributed by atoms with Crippen LogP contribution in [0.3, 0.4) is 0 Å². The predicted octanol–water partition coefficient (Wildman–Crippen LogP) is 4.25. The third-order valence-electron chi connectivity index (χ3n) is 4.16. The first-order valence-electron chi connectivity index (χ1n) is 7.20. The van der Waals surface area contributed by atoms with E-state index < -0.39 is 0 Å². The minimum absolute atomic E-state index is 0.156. The average Bonchev–Trinajstić information content (AvgIpc) is 2.95. The largest absolute Gasteiger partial charge is 0.464 e. The molecule has 4 rings (SSSR count). The van der Waals surface area contributed by atoms with Crippen LogP contribution in [0.25, 0.3) is 0 Å². The molecule has 2 heterocycles. The molecule has 0 saturated carbocycles. The second-order valence-electron chi connectivity index (χ2n) is 5.48. The molecule has 2 aliphatic heterocycles. The van der Waals surface area contributed by atoms with Crippen molar-refractivity contribution in [2.24, 2.45) is 5.92 Å². The maximum Gasteiger partial charge on any atom is 0.205 e. The molecule has 0 spiro atoms. The van der Waals surface area contributed by atoms with Gasteiger partial charge in [0.15, 0.2) is 0 Å². The molecule has 0 bridgehead atoms. The number of para-hydroxylation sites is 1. The van der Waals surface area contributed by atoms with Crippen LogP contribution in [-0.2, 0) is 4.74 Å². The highest BCUT2D eigenvalue weighted by molar-refractivity contribution is 6.30. The van der Waals surface area contributed by atoms with Crippen molar-refractivity contribution in [1.29, 1.82) is 0 Å².